The van der Waals surface area contributed by atoms with Crippen molar-refractivity contribution in [2.45, 2.75) is 13.0 Å². The minimum absolute atomic E-state index is 0.0972. The fourth-order valence-corrected chi connectivity index (χ4v) is 3.86. The van der Waals surface area contributed by atoms with Crippen LogP contribution in [0.3, 0.4) is 0 Å². The van der Waals surface area contributed by atoms with Gasteiger partial charge in [-0.2, -0.15) is 0 Å². The number of halogens is 3. The molecule has 0 heterocycles. The van der Waals surface area contributed by atoms with E-state index in [0.717, 1.165) is 28.8 Å². The van der Waals surface area contributed by atoms with Crippen LogP contribution >= 0.6 is 11.6 Å². The molecule has 1 amide bonds. The molecule has 0 saturated heterocycles. The van der Waals surface area contributed by atoms with Gasteiger partial charge in [0.2, 0.25) is 15.9 Å². The second kappa shape index (κ2) is 8.10. The molecule has 0 fully saturated rings. The number of sulfonamides is 1. The van der Waals surface area contributed by atoms with Gasteiger partial charge in [-0.3, -0.25) is 9.10 Å². The number of para-hydroxylation sites is 1. The summed E-state index contributed by atoms with van der Waals surface area (Å²) in [4.78, 5) is 12.5. The van der Waals surface area contributed by atoms with Gasteiger partial charge in [0.25, 0.3) is 0 Å². The number of nitrogens with zero attached hydrogens (tertiary/aromatic N) is 1. The van der Waals surface area contributed by atoms with E-state index in [9.17, 15) is 22.0 Å². The molecule has 0 aliphatic carbocycles. The number of nitrogens with one attached hydrogen (secondary N) is 1. The first kappa shape index (κ1) is 20.9. The predicted octanol–water partition coefficient (Wildman–Crippen LogP) is 3.42. The first-order chi connectivity index (χ1) is 12.6. The lowest BCUT2D eigenvalue weighted by Gasteiger charge is -2.28. The van der Waals surface area contributed by atoms with E-state index in [1.54, 1.807) is 0 Å². The van der Waals surface area contributed by atoms with Crippen molar-refractivity contribution in [3.63, 3.8) is 0 Å². The molecule has 1 atom stereocenters. The van der Waals surface area contributed by atoms with Gasteiger partial charge < -0.3 is 10.1 Å². The molecule has 27 heavy (non-hydrogen) atoms. The molecule has 146 valence electrons. The molecule has 0 saturated carbocycles. The van der Waals surface area contributed by atoms with Crippen LogP contribution in [0.4, 0.5) is 20.2 Å². The van der Waals surface area contributed by atoms with Crippen LogP contribution in [0, 0.1) is 11.6 Å². The number of rotatable bonds is 6. The van der Waals surface area contributed by atoms with Crippen LogP contribution in [0.5, 0.6) is 5.75 Å². The van der Waals surface area contributed by atoms with Crippen LogP contribution < -0.4 is 14.4 Å². The fourth-order valence-electron chi connectivity index (χ4n) is 2.45. The summed E-state index contributed by atoms with van der Waals surface area (Å²) in [6.07, 6.45) is 0.901. The second-order valence-electron chi connectivity index (χ2n) is 5.64. The standard InChI is InChI=1S/C17H17ClF2N2O4S/c1-10(17(23)21-16-13(19)5-4-6-14(16)20)22(27(3,24)25)11-7-8-15(26-2)12(18)9-11/h4-10H,1-3H3,(H,21,23)/t10-/m0/s1. The highest BCUT2D eigenvalue weighted by Crippen LogP contribution is 2.31. The maximum atomic E-state index is 13.8. The van der Waals surface area contributed by atoms with E-state index >= 15 is 0 Å². The summed E-state index contributed by atoms with van der Waals surface area (Å²) in [5, 5.41) is 2.22. The smallest absolute Gasteiger partial charge is 0.248 e. The molecule has 0 spiro atoms. The van der Waals surface area contributed by atoms with Crippen LogP contribution in [0.25, 0.3) is 0 Å². The van der Waals surface area contributed by atoms with Gasteiger partial charge in [-0.05, 0) is 37.3 Å². The van der Waals surface area contributed by atoms with E-state index < -0.39 is 39.3 Å². The third-order valence-electron chi connectivity index (χ3n) is 3.69. The molecule has 0 aliphatic rings. The third-order valence-corrected chi connectivity index (χ3v) is 5.23. The topological polar surface area (TPSA) is 75.7 Å². The maximum Gasteiger partial charge on any atom is 0.248 e. The van der Waals surface area contributed by atoms with Gasteiger partial charge in [0, 0.05) is 0 Å². The minimum Gasteiger partial charge on any atom is -0.495 e. The van der Waals surface area contributed by atoms with Gasteiger partial charge in [0.05, 0.1) is 24.1 Å². The van der Waals surface area contributed by atoms with Gasteiger partial charge in [-0.15, -0.1) is 0 Å². The number of hydrogen-bond donors (Lipinski definition) is 1. The van der Waals surface area contributed by atoms with Crippen LogP contribution in [-0.4, -0.2) is 33.7 Å². The van der Waals surface area contributed by atoms with Crippen molar-refractivity contribution < 1.29 is 26.7 Å². The molecule has 0 aromatic heterocycles. The Labute approximate surface area is 160 Å². The van der Waals surface area contributed by atoms with Crippen LogP contribution in [0.2, 0.25) is 5.02 Å². The Hall–Kier alpha value is -2.39. The number of methoxy groups -OCH3 is 1. The van der Waals surface area contributed by atoms with E-state index in [1.165, 1.54) is 32.2 Å². The highest BCUT2D eigenvalue weighted by Gasteiger charge is 2.30. The van der Waals surface area contributed by atoms with Crippen molar-refractivity contribution in [1.29, 1.82) is 0 Å². The number of carbonyl (C=O) groups excluding carboxylic acids is 1. The zero-order chi connectivity index (χ0) is 20.4. The van der Waals surface area contributed by atoms with Crippen LogP contribution in [0.1, 0.15) is 6.92 Å². The van der Waals surface area contributed by atoms with Crippen molar-refractivity contribution in [2.24, 2.45) is 0 Å². The first-order valence-corrected chi connectivity index (χ1v) is 9.86. The molecule has 10 heteroatoms. The molecule has 0 unspecified atom stereocenters. The monoisotopic (exact) mass is 418 g/mol. The van der Waals surface area contributed by atoms with Gasteiger partial charge >= 0.3 is 0 Å². The number of carbonyl (C=O) groups is 1. The van der Waals surface area contributed by atoms with Crippen molar-refractivity contribution in [2.75, 3.05) is 23.0 Å². The molecule has 0 aliphatic heterocycles. The molecule has 2 rings (SSSR count). The number of ether oxygens (including phenoxy) is 1. The summed E-state index contributed by atoms with van der Waals surface area (Å²) in [5.41, 5.74) is -0.560. The summed E-state index contributed by atoms with van der Waals surface area (Å²) in [6, 6.07) is 5.93. The summed E-state index contributed by atoms with van der Waals surface area (Å²) in [6.45, 7) is 1.28. The van der Waals surface area contributed by atoms with E-state index in [2.05, 4.69) is 5.32 Å². The minimum atomic E-state index is -3.93. The molecule has 0 bridgehead atoms. The Bertz CT molecular complexity index is 949. The lowest BCUT2D eigenvalue weighted by molar-refractivity contribution is -0.116. The summed E-state index contributed by atoms with van der Waals surface area (Å²) < 4.78 is 57.8. The van der Waals surface area contributed by atoms with E-state index in [1.807, 2.05) is 0 Å². The number of anilines is 2. The average molecular weight is 419 g/mol. The number of hydrogen-bond acceptors (Lipinski definition) is 4. The van der Waals surface area contributed by atoms with Crippen molar-refractivity contribution in [3.05, 3.63) is 53.1 Å². The van der Waals surface area contributed by atoms with E-state index in [-0.39, 0.29) is 10.7 Å². The molecule has 2 aromatic carbocycles. The van der Waals surface area contributed by atoms with Crippen LogP contribution in [-0.2, 0) is 14.8 Å². The lowest BCUT2D eigenvalue weighted by Crippen LogP contribution is -2.45. The Kier molecular flexibility index (Phi) is 6.27. The summed E-state index contributed by atoms with van der Waals surface area (Å²) in [5.74, 6) is -2.56. The van der Waals surface area contributed by atoms with Crippen molar-refractivity contribution >= 4 is 38.9 Å². The largest absolute Gasteiger partial charge is 0.495 e. The van der Waals surface area contributed by atoms with Crippen molar-refractivity contribution in [3.8, 4) is 5.75 Å². The predicted molar refractivity (Wildman–Crippen MR) is 99.8 cm³/mol. The average Bonchev–Trinajstić information content (AvgIpc) is 2.57. The SMILES string of the molecule is COc1ccc(N([C@@H](C)C(=O)Nc2c(F)cccc2F)S(C)(=O)=O)cc1Cl. The van der Waals surface area contributed by atoms with Gasteiger partial charge in [-0.1, -0.05) is 17.7 Å². The zero-order valence-electron chi connectivity index (χ0n) is 14.7. The third kappa shape index (κ3) is 4.67. The highest BCUT2D eigenvalue weighted by atomic mass is 35.5. The number of benzene rings is 2. The Morgan fingerprint density at radius 3 is 2.30 bits per heavy atom. The Morgan fingerprint density at radius 2 is 1.81 bits per heavy atom. The first-order valence-electron chi connectivity index (χ1n) is 7.64. The molecular formula is C17H17ClF2N2O4S. The molecule has 1 N–H and O–H groups in total. The van der Waals surface area contributed by atoms with Gasteiger partial charge in [0.1, 0.15) is 29.1 Å². The van der Waals surface area contributed by atoms with Gasteiger partial charge in [0.15, 0.2) is 0 Å². The molecular weight excluding hydrogens is 402 g/mol. The fraction of sp³-hybridized carbons (Fsp3) is 0.235. The highest BCUT2D eigenvalue weighted by molar-refractivity contribution is 7.92. The molecule has 6 nitrogen and oxygen atoms in total. The molecule has 2 aromatic rings. The summed E-state index contributed by atoms with van der Waals surface area (Å²) in [7, 11) is -2.53. The normalized spacial score (nSPS) is 12.4. The zero-order valence-corrected chi connectivity index (χ0v) is 16.2. The maximum absolute atomic E-state index is 13.8. The second-order valence-corrected chi connectivity index (χ2v) is 7.91. The lowest BCUT2D eigenvalue weighted by atomic mass is 10.2. The van der Waals surface area contributed by atoms with E-state index in [4.69, 9.17) is 16.3 Å². The summed E-state index contributed by atoms with van der Waals surface area (Å²) >= 11 is 6.03. The Balaban J connectivity index is 2.39. The van der Waals surface area contributed by atoms with E-state index in [0.29, 0.717) is 5.75 Å². The van der Waals surface area contributed by atoms with Crippen molar-refractivity contribution in [1.82, 2.24) is 0 Å². The van der Waals surface area contributed by atoms with Crippen LogP contribution in [0.15, 0.2) is 36.4 Å². The Morgan fingerprint density at radius 1 is 1.22 bits per heavy atom. The van der Waals surface area contributed by atoms with Gasteiger partial charge in [-0.25, -0.2) is 17.2 Å². The number of amides is 1. The quantitative estimate of drug-likeness (QED) is 0.779. The molecule has 0 radical (unpaired) electrons.